The molecule has 3 nitrogen and oxygen atoms in total. The smallest absolute Gasteiger partial charge is 0.255 e. The first-order chi connectivity index (χ1) is 9.15. The Morgan fingerprint density at radius 3 is 2.89 bits per heavy atom. The lowest BCUT2D eigenvalue weighted by molar-refractivity contribution is 0.0734. The molecule has 4 heteroatoms. The minimum Gasteiger partial charge on any atom is -0.508 e. The van der Waals surface area contributed by atoms with Gasteiger partial charge in [-0.1, -0.05) is 6.07 Å². The van der Waals surface area contributed by atoms with Crippen LogP contribution in [0.15, 0.2) is 29.0 Å². The van der Waals surface area contributed by atoms with E-state index < -0.39 is 0 Å². The zero-order valence-electron chi connectivity index (χ0n) is 10.7. The van der Waals surface area contributed by atoms with Crippen molar-refractivity contribution in [2.75, 3.05) is 6.54 Å². The summed E-state index contributed by atoms with van der Waals surface area (Å²) >= 11 is 1.56. The summed E-state index contributed by atoms with van der Waals surface area (Å²) in [5.74, 6) is 0.354. The summed E-state index contributed by atoms with van der Waals surface area (Å²) in [6.45, 7) is 3.29. The van der Waals surface area contributed by atoms with Gasteiger partial charge >= 0.3 is 0 Å². The van der Waals surface area contributed by atoms with E-state index in [1.807, 2.05) is 28.7 Å². The average Bonchev–Trinajstić information content (AvgIpc) is 2.83. The molecule has 0 fully saturated rings. The number of rotatable bonds is 1. The number of phenolic OH excluding ortho intramolecular Hbond substituents is 1. The lowest BCUT2D eigenvalue weighted by Crippen LogP contribution is -2.36. The minimum atomic E-state index is 0.0905. The van der Waals surface area contributed by atoms with Gasteiger partial charge < -0.3 is 10.0 Å². The lowest BCUT2D eigenvalue weighted by atomic mass is 9.99. The maximum absolute atomic E-state index is 12.4. The first kappa shape index (κ1) is 12.2. The van der Waals surface area contributed by atoms with E-state index in [1.165, 1.54) is 5.56 Å². The van der Waals surface area contributed by atoms with Gasteiger partial charge in [-0.2, -0.15) is 11.3 Å². The number of amides is 1. The molecule has 2 heterocycles. The summed E-state index contributed by atoms with van der Waals surface area (Å²) in [7, 11) is 0. The molecule has 1 aromatic carbocycles. The number of hydrogen-bond donors (Lipinski definition) is 1. The molecule has 1 aliphatic heterocycles. The van der Waals surface area contributed by atoms with Gasteiger partial charge in [-0.15, -0.1) is 0 Å². The van der Waals surface area contributed by atoms with Gasteiger partial charge in [0.25, 0.3) is 5.91 Å². The monoisotopic (exact) mass is 273 g/mol. The normalized spacial score (nSPS) is 14.3. The minimum absolute atomic E-state index is 0.0905. The molecule has 0 atom stereocenters. The summed E-state index contributed by atoms with van der Waals surface area (Å²) in [6.07, 6.45) is 0.852. The van der Waals surface area contributed by atoms with Gasteiger partial charge in [-0.05, 0) is 47.5 Å². The Bertz CT molecular complexity index is 633. The molecule has 0 saturated heterocycles. The number of benzene rings is 1. The van der Waals surface area contributed by atoms with Gasteiger partial charge in [0.15, 0.2) is 0 Å². The van der Waals surface area contributed by atoms with Crippen LogP contribution in [0.1, 0.15) is 27.0 Å². The van der Waals surface area contributed by atoms with Crippen molar-refractivity contribution in [1.29, 1.82) is 0 Å². The van der Waals surface area contributed by atoms with Crippen molar-refractivity contribution in [2.24, 2.45) is 0 Å². The molecule has 1 N–H and O–H groups in total. The van der Waals surface area contributed by atoms with E-state index in [4.69, 9.17) is 0 Å². The summed E-state index contributed by atoms with van der Waals surface area (Å²) in [6, 6.07) is 5.41. The third-order valence-electron chi connectivity index (χ3n) is 3.58. The SMILES string of the molecule is Cc1cscc1C(=O)N1CCc2ccc(O)cc2C1. The Hall–Kier alpha value is -1.81. The van der Waals surface area contributed by atoms with Gasteiger partial charge in [0.1, 0.15) is 5.75 Å². The Labute approximate surface area is 116 Å². The largest absolute Gasteiger partial charge is 0.508 e. The van der Waals surface area contributed by atoms with Crippen LogP contribution in [0.25, 0.3) is 0 Å². The Kier molecular flexibility index (Phi) is 3.03. The molecule has 0 saturated carbocycles. The summed E-state index contributed by atoms with van der Waals surface area (Å²) in [5, 5.41) is 13.4. The van der Waals surface area contributed by atoms with Crippen LogP contribution in [-0.4, -0.2) is 22.5 Å². The molecule has 0 bridgehead atoms. The topological polar surface area (TPSA) is 40.5 Å². The van der Waals surface area contributed by atoms with Gasteiger partial charge in [-0.25, -0.2) is 0 Å². The second kappa shape index (κ2) is 4.70. The number of hydrogen-bond acceptors (Lipinski definition) is 3. The number of thiophene rings is 1. The van der Waals surface area contributed by atoms with Crippen LogP contribution in [0, 0.1) is 6.92 Å². The quantitative estimate of drug-likeness (QED) is 0.867. The van der Waals surface area contributed by atoms with Crippen molar-refractivity contribution in [3.8, 4) is 5.75 Å². The molecule has 2 aromatic rings. The van der Waals surface area contributed by atoms with Gasteiger partial charge in [0.05, 0.1) is 5.56 Å². The Morgan fingerprint density at radius 2 is 2.16 bits per heavy atom. The third kappa shape index (κ3) is 2.24. The van der Waals surface area contributed by atoms with Crippen molar-refractivity contribution in [3.05, 3.63) is 51.2 Å². The average molecular weight is 273 g/mol. The second-order valence-electron chi connectivity index (χ2n) is 4.90. The predicted molar refractivity (Wildman–Crippen MR) is 75.6 cm³/mol. The first-order valence-electron chi connectivity index (χ1n) is 6.28. The number of fused-ring (bicyclic) bond motifs is 1. The number of nitrogens with zero attached hydrogens (tertiary/aromatic N) is 1. The Balaban J connectivity index is 1.86. The summed E-state index contributed by atoms with van der Waals surface area (Å²) < 4.78 is 0. The Morgan fingerprint density at radius 1 is 1.32 bits per heavy atom. The van der Waals surface area contributed by atoms with Crippen LogP contribution in [0.2, 0.25) is 0 Å². The van der Waals surface area contributed by atoms with Crippen LogP contribution in [0.4, 0.5) is 0 Å². The second-order valence-corrected chi connectivity index (χ2v) is 5.64. The van der Waals surface area contributed by atoms with E-state index in [0.29, 0.717) is 6.54 Å². The first-order valence-corrected chi connectivity index (χ1v) is 7.22. The molecule has 0 radical (unpaired) electrons. The molecule has 0 unspecified atom stereocenters. The fourth-order valence-electron chi connectivity index (χ4n) is 2.47. The molecule has 1 aromatic heterocycles. The van der Waals surface area contributed by atoms with E-state index in [9.17, 15) is 9.90 Å². The maximum atomic E-state index is 12.4. The number of aromatic hydroxyl groups is 1. The zero-order chi connectivity index (χ0) is 13.4. The highest BCUT2D eigenvalue weighted by Gasteiger charge is 2.23. The van der Waals surface area contributed by atoms with Gasteiger partial charge in [0, 0.05) is 18.5 Å². The van der Waals surface area contributed by atoms with Crippen molar-refractivity contribution in [3.63, 3.8) is 0 Å². The number of carbonyl (C=O) groups is 1. The maximum Gasteiger partial charge on any atom is 0.255 e. The van der Waals surface area contributed by atoms with Crippen molar-refractivity contribution in [2.45, 2.75) is 19.9 Å². The standard InChI is InChI=1S/C15H15NO2S/c1-10-8-19-9-14(10)15(18)16-5-4-11-2-3-13(17)6-12(11)7-16/h2-3,6,8-9,17H,4-5,7H2,1H3. The molecule has 0 spiro atoms. The van der Waals surface area contributed by atoms with E-state index in [-0.39, 0.29) is 11.7 Å². The number of carbonyl (C=O) groups excluding carboxylic acids is 1. The van der Waals surface area contributed by atoms with Gasteiger partial charge in [-0.3, -0.25) is 4.79 Å². The van der Waals surface area contributed by atoms with E-state index in [2.05, 4.69) is 0 Å². The molecule has 98 valence electrons. The number of phenols is 1. The highest BCUT2D eigenvalue weighted by Crippen LogP contribution is 2.25. The van der Waals surface area contributed by atoms with Crippen molar-refractivity contribution >= 4 is 17.2 Å². The van der Waals surface area contributed by atoms with E-state index in [0.717, 1.165) is 29.7 Å². The molecular weight excluding hydrogens is 258 g/mol. The number of aryl methyl sites for hydroxylation is 1. The van der Waals surface area contributed by atoms with Crippen LogP contribution in [0.3, 0.4) is 0 Å². The van der Waals surface area contributed by atoms with Crippen LogP contribution in [0.5, 0.6) is 5.75 Å². The van der Waals surface area contributed by atoms with E-state index >= 15 is 0 Å². The lowest BCUT2D eigenvalue weighted by Gasteiger charge is -2.29. The summed E-state index contributed by atoms with van der Waals surface area (Å²) in [5.41, 5.74) is 4.11. The van der Waals surface area contributed by atoms with Crippen molar-refractivity contribution < 1.29 is 9.90 Å². The molecule has 1 amide bonds. The molecule has 3 rings (SSSR count). The van der Waals surface area contributed by atoms with Crippen LogP contribution >= 0.6 is 11.3 Å². The fraction of sp³-hybridized carbons (Fsp3) is 0.267. The third-order valence-corrected chi connectivity index (χ3v) is 4.44. The molecule has 0 aliphatic carbocycles. The fourth-order valence-corrected chi connectivity index (χ4v) is 3.29. The molecule has 1 aliphatic rings. The zero-order valence-corrected chi connectivity index (χ0v) is 11.5. The highest BCUT2D eigenvalue weighted by atomic mass is 32.1. The highest BCUT2D eigenvalue weighted by molar-refractivity contribution is 7.08. The van der Waals surface area contributed by atoms with Crippen LogP contribution < -0.4 is 0 Å². The summed E-state index contributed by atoms with van der Waals surface area (Å²) in [4.78, 5) is 14.3. The van der Waals surface area contributed by atoms with E-state index in [1.54, 1.807) is 23.5 Å². The van der Waals surface area contributed by atoms with Crippen LogP contribution in [-0.2, 0) is 13.0 Å². The van der Waals surface area contributed by atoms with Gasteiger partial charge in [0.2, 0.25) is 0 Å². The molecule has 19 heavy (non-hydrogen) atoms. The van der Waals surface area contributed by atoms with Crippen molar-refractivity contribution in [1.82, 2.24) is 4.90 Å². The molecular formula is C15H15NO2S. The predicted octanol–water partition coefficient (Wildman–Crippen LogP) is 2.96.